The molecule has 1 heterocycles. The summed E-state index contributed by atoms with van der Waals surface area (Å²) < 4.78 is 10.9. The number of aliphatic hydroxyl groups excluding tert-OH is 1. The molecular formula is C8H16O3. The summed E-state index contributed by atoms with van der Waals surface area (Å²) in [6, 6.07) is 0. The first kappa shape index (κ1) is 8.97. The Morgan fingerprint density at radius 3 is 2.09 bits per heavy atom. The molecule has 0 saturated carbocycles. The summed E-state index contributed by atoms with van der Waals surface area (Å²) in [5, 5.41) is 9.25. The SMILES string of the molecule is CC(O)[C@@H]1OC(C)(C)OC1C. The third-order valence-corrected chi connectivity index (χ3v) is 1.83. The number of rotatable bonds is 1. The van der Waals surface area contributed by atoms with Crippen LogP contribution in [0.2, 0.25) is 0 Å². The predicted octanol–water partition coefficient (Wildman–Crippen LogP) is 0.907. The van der Waals surface area contributed by atoms with E-state index in [0.29, 0.717) is 0 Å². The van der Waals surface area contributed by atoms with Crippen LogP contribution in [0.5, 0.6) is 0 Å². The second kappa shape index (κ2) is 2.73. The highest BCUT2D eigenvalue weighted by Crippen LogP contribution is 2.29. The van der Waals surface area contributed by atoms with E-state index in [4.69, 9.17) is 9.47 Å². The Bertz CT molecular complexity index is 142. The van der Waals surface area contributed by atoms with Gasteiger partial charge in [-0.15, -0.1) is 0 Å². The van der Waals surface area contributed by atoms with Gasteiger partial charge in [-0.25, -0.2) is 0 Å². The Morgan fingerprint density at radius 1 is 1.36 bits per heavy atom. The molecule has 0 aromatic heterocycles. The van der Waals surface area contributed by atoms with Crippen LogP contribution in [0.25, 0.3) is 0 Å². The highest BCUT2D eigenvalue weighted by atomic mass is 16.8. The summed E-state index contributed by atoms with van der Waals surface area (Å²) in [6.45, 7) is 7.33. The zero-order chi connectivity index (χ0) is 8.65. The van der Waals surface area contributed by atoms with Crippen LogP contribution >= 0.6 is 0 Å². The monoisotopic (exact) mass is 160 g/mol. The van der Waals surface area contributed by atoms with Crippen LogP contribution < -0.4 is 0 Å². The molecule has 1 N–H and O–H groups in total. The molecule has 1 aliphatic rings. The Labute approximate surface area is 67.3 Å². The molecule has 3 nitrogen and oxygen atoms in total. The summed E-state index contributed by atoms with van der Waals surface area (Å²) in [4.78, 5) is 0. The first-order valence-corrected chi connectivity index (χ1v) is 3.96. The molecule has 1 rings (SSSR count). The van der Waals surface area contributed by atoms with Crippen LogP contribution in [-0.4, -0.2) is 29.2 Å². The Hall–Kier alpha value is -0.120. The van der Waals surface area contributed by atoms with E-state index in [1.807, 2.05) is 20.8 Å². The van der Waals surface area contributed by atoms with E-state index in [1.165, 1.54) is 0 Å². The Morgan fingerprint density at radius 2 is 1.91 bits per heavy atom. The molecule has 2 unspecified atom stereocenters. The maximum absolute atomic E-state index is 9.25. The molecule has 0 amide bonds. The largest absolute Gasteiger partial charge is 0.391 e. The molecule has 0 aromatic rings. The van der Waals surface area contributed by atoms with Crippen LogP contribution in [0.3, 0.4) is 0 Å². The molecule has 3 heteroatoms. The highest BCUT2D eigenvalue weighted by Gasteiger charge is 2.40. The standard InChI is InChI=1S/C8H16O3/c1-5(9)7-6(2)10-8(3,4)11-7/h5-7,9H,1-4H3/t5?,6?,7-/m0/s1. The third-order valence-electron chi connectivity index (χ3n) is 1.83. The second-order valence-electron chi connectivity index (χ2n) is 3.55. The van der Waals surface area contributed by atoms with Crippen molar-refractivity contribution >= 4 is 0 Å². The fourth-order valence-electron chi connectivity index (χ4n) is 1.46. The van der Waals surface area contributed by atoms with Gasteiger partial charge in [-0.3, -0.25) is 0 Å². The lowest BCUT2D eigenvalue weighted by Crippen LogP contribution is -2.31. The maximum Gasteiger partial charge on any atom is 0.163 e. The van der Waals surface area contributed by atoms with E-state index in [-0.39, 0.29) is 12.2 Å². The molecule has 66 valence electrons. The Balaban J connectivity index is 2.59. The summed E-state index contributed by atoms with van der Waals surface area (Å²) in [6.07, 6.45) is -0.679. The number of hydrogen-bond acceptors (Lipinski definition) is 3. The van der Waals surface area contributed by atoms with Gasteiger partial charge in [0.2, 0.25) is 0 Å². The van der Waals surface area contributed by atoms with E-state index in [1.54, 1.807) is 6.92 Å². The van der Waals surface area contributed by atoms with E-state index < -0.39 is 11.9 Å². The lowest BCUT2D eigenvalue weighted by Gasteiger charge is -2.18. The van der Waals surface area contributed by atoms with Gasteiger partial charge in [-0.1, -0.05) is 0 Å². The minimum atomic E-state index is -0.541. The van der Waals surface area contributed by atoms with Crippen molar-refractivity contribution in [2.75, 3.05) is 0 Å². The van der Waals surface area contributed by atoms with Gasteiger partial charge in [-0.2, -0.15) is 0 Å². The van der Waals surface area contributed by atoms with Gasteiger partial charge in [0.05, 0.1) is 12.2 Å². The first-order chi connectivity index (χ1) is 4.92. The van der Waals surface area contributed by atoms with Crippen molar-refractivity contribution in [2.45, 2.75) is 51.8 Å². The molecule has 3 atom stereocenters. The molecular weight excluding hydrogens is 144 g/mol. The van der Waals surface area contributed by atoms with Crippen LogP contribution in [0, 0.1) is 0 Å². The zero-order valence-corrected chi connectivity index (χ0v) is 7.50. The predicted molar refractivity (Wildman–Crippen MR) is 41.2 cm³/mol. The van der Waals surface area contributed by atoms with Crippen molar-refractivity contribution < 1.29 is 14.6 Å². The molecule has 1 saturated heterocycles. The van der Waals surface area contributed by atoms with Crippen LogP contribution in [0.4, 0.5) is 0 Å². The van der Waals surface area contributed by atoms with Crippen LogP contribution in [0.15, 0.2) is 0 Å². The summed E-state index contributed by atoms with van der Waals surface area (Å²) in [7, 11) is 0. The lowest BCUT2D eigenvalue weighted by atomic mass is 10.1. The summed E-state index contributed by atoms with van der Waals surface area (Å²) >= 11 is 0. The van der Waals surface area contributed by atoms with Gasteiger partial charge in [0, 0.05) is 0 Å². The molecule has 1 fully saturated rings. The topological polar surface area (TPSA) is 38.7 Å². The zero-order valence-electron chi connectivity index (χ0n) is 7.50. The average molecular weight is 160 g/mol. The van der Waals surface area contributed by atoms with Crippen molar-refractivity contribution in [3.8, 4) is 0 Å². The molecule has 1 aliphatic heterocycles. The number of aliphatic hydroxyl groups is 1. The van der Waals surface area contributed by atoms with Gasteiger partial charge >= 0.3 is 0 Å². The van der Waals surface area contributed by atoms with Crippen LogP contribution in [-0.2, 0) is 9.47 Å². The Kier molecular flexibility index (Phi) is 2.23. The van der Waals surface area contributed by atoms with Crippen molar-refractivity contribution in [3.63, 3.8) is 0 Å². The smallest absolute Gasteiger partial charge is 0.163 e. The fourth-order valence-corrected chi connectivity index (χ4v) is 1.46. The lowest BCUT2D eigenvalue weighted by molar-refractivity contribution is -0.153. The van der Waals surface area contributed by atoms with E-state index >= 15 is 0 Å². The van der Waals surface area contributed by atoms with Crippen molar-refractivity contribution in [2.24, 2.45) is 0 Å². The fraction of sp³-hybridized carbons (Fsp3) is 1.00. The van der Waals surface area contributed by atoms with Crippen molar-refractivity contribution in [1.82, 2.24) is 0 Å². The normalized spacial score (nSPS) is 39.0. The molecule has 0 bridgehead atoms. The van der Waals surface area contributed by atoms with Crippen molar-refractivity contribution in [1.29, 1.82) is 0 Å². The molecule has 0 aliphatic carbocycles. The average Bonchev–Trinajstić information content (AvgIpc) is 2.05. The second-order valence-corrected chi connectivity index (χ2v) is 3.55. The van der Waals surface area contributed by atoms with Crippen LogP contribution in [0.1, 0.15) is 27.7 Å². The van der Waals surface area contributed by atoms with Gasteiger partial charge < -0.3 is 14.6 Å². The van der Waals surface area contributed by atoms with Gasteiger partial charge in [0.1, 0.15) is 6.10 Å². The van der Waals surface area contributed by atoms with Crippen molar-refractivity contribution in [3.05, 3.63) is 0 Å². The van der Waals surface area contributed by atoms with E-state index in [2.05, 4.69) is 0 Å². The van der Waals surface area contributed by atoms with Gasteiger partial charge in [0.15, 0.2) is 5.79 Å². The number of ether oxygens (including phenoxy) is 2. The molecule has 0 radical (unpaired) electrons. The van der Waals surface area contributed by atoms with Gasteiger partial charge in [-0.05, 0) is 27.7 Å². The summed E-state index contributed by atoms with van der Waals surface area (Å²) in [5.41, 5.74) is 0. The molecule has 11 heavy (non-hydrogen) atoms. The summed E-state index contributed by atoms with van der Waals surface area (Å²) in [5.74, 6) is -0.541. The van der Waals surface area contributed by atoms with E-state index in [9.17, 15) is 5.11 Å². The van der Waals surface area contributed by atoms with E-state index in [0.717, 1.165) is 0 Å². The quantitative estimate of drug-likeness (QED) is 0.619. The van der Waals surface area contributed by atoms with Gasteiger partial charge in [0.25, 0.3) is 0 Å². The third kappa shape index (κ3) is 1.92. The maximum atomic E-state index is 9.25. The molecule has 0 spiro atoms. The first-order valence-electron chi connectivity index (χ1n) is 3.96. The minimum absolute atomic E-state index is 0.0231. The molecule has 0 aromatic carbocycles. The minimum Gasteiger partial charge on any atom is -0.391 e. The number of hydrogen-bond donors (Lipinski definition) is 1. The highest BCUT2D eigenvalue weighted by molar-refractivity contribution is 4.81.